The molecule has 1 N–H and O–H groups in total. The standard InChI is InChI=1S/C15H28N2O2S2/c1-5-13(4)12-17(7-3)21(18,19)15-9-8-14(20-15)10-11-16-6-2/h8-9,13,16H,5-7,10-12H2,1-4H3. The van der Waals surface area contributed by atoms with Gasteiger partial charge in [0.05, 0.1) is 0 Å². The Bertz CT molecular complexity index is 511. The molecule has 0 aromatic carbocycles. The number of likely N-dealkylation sites (N-methyl/N-ethyl adjacent to an activating group) is 1. The van der Waals surface area contributed by atoms with E-state index in [1.165, 1.54) is 11.3 Å². The molecule has 21 heavy (non-hydrogen) atoms. The number of rotatable bonds is 10. The van der Waals surface area contributed by atoms with Crippen LogP contribution in [-0.4, -0.2) is 38.9 Å². The molecule has 0 saturated heterocycles. The molecule has 0 aliphatic heterocycles. The molecule has 0 aliphatic carbocycles. The second-order valence-corrected chi connectivity index (χ2v) is 8.63. The predicted molar refractivity (Wildman–Crippen MR) is 90.5 cm³/mol. The highest BCUT2D eigenvalue weighted by Crippen LogP contribution is 2.26. The van der Waals surface area contributed by atoms with Gasteiger partial charge in [-0.3, -0.25) is 0 Å². The fourth-order valence-electron chi connectivity index (χ4n) is 2.02. The Kier molecular flexibility index (Phi) is 7.87. The largest absolute Gasteiger partial charge is 0.317 e. The monoisotopic (exact) mass is 332 g/mol. The third-order valence-electron chi connectivity index (χ3n) is 3.59. The summed E-state index contributed by atoms with van der Waals surface area (Å²) in [4.78, 5) is 1.12. The third kappa shape index (κ3) is 5.36. The molecular formula is C15H28N2O2S2. The van der Waals surface area contributed by atoms with Crippen LogP contribution >= 0.6 is 11.3 Å². The lowest BCUT2D eigenvalue weighted by molar-refractivity contribution is 0.362. The van der Waals surface area contributed by atoms with Crippen molar-refractivity contribution in [3.8, 4) is 0 Å². The molecule has 0 bridgehead atoms. The molecule has 1 atom stereocenters. The Hall–Kier alpha value is -0.430. The van der Waals surface area contributed by atoms with E-state index in [2.05, 4.69) is 26.1 Å². The number of nitrogens with zero attached hydrogens (tertiary/aromatic N) is 1. The van der Waals surface area contributed by atoms with Gasteiger partial charge in [0.1, 0.15) is 4.21 Å². The zero-order valence-corrected chi connectivity index (χ0v) is 15.2. The van der Waals surface area contributed by atoms with E-state index in [0.717, 1.165) is 30.8 Å². The molecule has 0 aliphatic rings. The van der Waals surface area contributed by atoms with Crippen LogP contribution in [0.3, 0.4) is 0 Å². The fraction of sp³-hybridized carbons (Fsp3) is 0.733. The fourth-order valence-corrected chi connectivity index (χ4v) is 5.10. The first-order valence-corrected chi connectivity index (χ1v) is 10.0. The van der Waals surface area contributed by atoms with Crippen molar-refractivity contribution >= 4 is 21.4 Å². The van der Waals surface area contributed by atoms with Gasteiger partial charge in [0.2, 0.25) is 0 Å². The van der Waals surface area contributed by atoms with Crippen LogP contribution in [0.15, 0.2) is 16.3 Å². The first-order chi connectivity index (χ1) is 9.95. The van der Waals surface area contributed by atoms with Gasteiger partial charge >= 0.3 is 0 Å². The molecular weight excluding hydrogens is 304 g/mol. The maximum absolute atomic E-state index is 12.7. The Balaban J connectivity index is 2.81. The molecule has 0 radical (unpaired) electrons. The van der Waals surface area contributed by atoms with Gasteiger partial charge in [-0.1, -0.05) is 34.1 Å². The Morgan fingerprint density at radius 1 is 1.29 bits per heavy atom. The Labute approximate surface area is 133 Å². The molecule has 1 unspecified atom stereocenters. The second kappa shape index (κ2) is 8.88. The molecule has 0 spiro atoms. The van der Waals surface area contributed by atoms with E-state index in [1.807, 2.05) is 13.0 Å². The molecule has 1 heterocycles. The summed E-state index contributed by atoms with van der Waals surface area (Å²) in [6, 6.07) is 3.69. The zero-order valence-electron chi connectivity index (χ0n) is 13.6. The molecule has 6 heteroatoms. The van der Waals surface area contributed by atoms with Crippen molar-refractivity contribution in [3.63, 3.8) is 0 Å². The number of thiophene rings is 1. The molecule has 0 saturated carbocycles. The van der Waals surface area contributed by atoms with Gasteiger partial charge in [-0.05, 0) is 37.6 Å². The highest BCUT2D eigenvalue weighted by atomic mass is 32.2. The lowest BCUT2D eigenvalue weighted by Crippen LogP contribution is -2.34. The minimum absolute atomic E-state index is 0.382. The highest BCUT2D eigenvalue weighted by molar-refractivity contribution is 7.91. The molecule has 0 fully saturated rings. The van der Waals surface area contributed by atoms with Gasteiger partial charge in [-0.2, -0.15) is 4.31 Å². The van der Waals surface area contributed by atoms with Crippen LogP contribution in [0.5, 0.6) is 0 Å². The summed E-state index contributed by atoms with van der Waals surface area (Å²) >= 11 is 1.40. The molecule has 1 rings (SSSR count). The van der Waals surface area contributed by atoms with Crippen LogP contribution in [-0.2, 0) is 16.4 Å². The Morgan fingerprint density at radius 2 is 2.00 bits per heavy atom. The summed E-state index contributed by atoms with van der Waals surface area (Å²) in [7, 11) is -3.33. The third-order valence-corrected chi connectivity index (χ3v) is 7.15. The van der Waals surface area contributed by atoms with E-state index in [-0.39, 0.29) is 0 Å². The van der Waals surface area contributed by atoms with Crippen molar-refractivity contribution in [2.24, 2.45) is 5.92 Å². The van der Waals surface area contributed by atoms with Gasteiger partial charge in [0.15, 0.2) is 0 Å². The van der Waals surface area contributed by atoms with Crippen LogP contribution < -0.4 is 5.32 Å². The Morgan fingerprint density at radius 3 is 2.57 bits per heavy atom. The van der Waals surface area contributed by atoms with E-state index < -0.39 is 10.0 Å². The van der Waals surface area contributed by atoms with Crippen molar-refractivity contribution < 1.29 is 8.42 Å². The summed E-state index contributed by atoms with van der Waals surface area (Å²) in [5, 5.41) is 3.26. The minimum atomic E-state index is -3.33. The lowest BCUT2D eigenvalue weighted by Gasteiger charge is -2.22. The van der Waals surface area contributed by atoms with E-state index in [0.29, 0.717) is 23.2 Å². The van der Waals surface area contributed by atoms with E-state index >= 15 is 0 Å². The van der Waals surface area contributed by atoms with Crippen molar-refractivity contribution in [1.29, 1.82) is 0 Å². The van der Waals surface area contributed by atoms with E-state index in [4.69, 9.17) is 0 Å². The topological polar surface area (TPSA) is 49.4 Å². The maximum Gasteiger partial charge on any atom is 0.252 e. The molecule has 1 aromatic rings. The number of sulfonamides is 1. The molecule has 122 valence electrons. The summed E-state index contributed by atoms with van der Waals surface area (Å²) in [6.07, 6.45) is 1.87. The lowest BCUT2D eigenvalue weighted by atomic mass is 10.1. The van der Waals surface area contributed by atoms with Gasteiger partial charge < -0.3 is 5.32 Å². The van der Waals surface area contributed by atoms with Gasteiger partial charge in [-0.15, -0.1) is 11.3 Å². The summed E-state index contributed by atoms with van der Waals surface area (Å²) in [5.41, 5.74) is 0. The smallest absolute Gasteiger partial charge is 0.252 e. The van der Waals surface area contributed by atoms with Gasteiger partial charge in [0, 0.05) is 18.0 Å². The average molecular weight is 333 g/mol. The first kappa shape index (κ1) is 18.6. The average Bonchev–Trinajstić information content (AvgIpc) is 2.94. The SMILES string of the molecule is CCNCCc1ccc(S(=O)(=O)N(CC)CC(C)CC)s1. The predicted octanol–water partition coefficient (Wildman–Crippen LogP) is 2.96. The van der Waals surface area contributed by atoms with Crippen molar-refractivity contribution in [2.45, 2.75) is 44.7 Å². The molecule has 0 amide bonds. The molecule has 4 nitrogen and oxygen atoms in total. The van der Waals surface area contributed by atoms with Gasteiger partial charge in [-0.25, -0.2) is 8.42 Å². The van der Waals surface area contributed by atoms with Crippen LogP contribution in [0, 0.1) is 5.92 Å². The minimum Gasteiger partial charge on any atom is -0.317 e. The second-order valence-electron chi connectivity index (χ2n) is 5.29. The van der Waals surface area contributed by atoms with Crippen LogP contribution in [0.1, 0.15) is 39.0 Å². The van der Waals surface area contributed by atoms with Gasteiger partial charge in [0.25, 0.3) is 10.0 Å². The maximum atomic E-state index is 12.7. The van der Waals surface area contributed by atoms with Crippen molar-refractivity contribution in [2.75, 3.05) is 26.2 Å². The number of hydrogen-bond donors (Lipinski definition) is 1. The highest BCUT2D eigenvalue weighted by Gasteiger charge is 2.25. The summed E-state index contributed by atoms with van der Waals surface area (Å²) < 4.78 is 27.4. The van der Waals surface area contributed by atoms with Crippen LogP contribution in [0.25, 0.3) is 0 Å². The normalized spacial score (nSPS) is 13.8. The summed E-state index contributed by atoms with van der Waals surface area (Å²) in [5.74, 6) is 0.382. The number of hydrogen-bond acceptors (Lipinski definition) is 4. The van der Waals surface area contributed by atoms with Crippen LogP contribution in [0.2, 0.25) is 0 Å². The molecule has 1 aromatic heterocycles. The zero-order chi connectivity index (χ0) is 15.9. The first-order valence-electron chi connectivity index (χ1n) is 7.75. The van der Waals surface area contributed by atoms with Crippen LogP contribution in [0.4, 0.5) is 0 Å². The quantitative estimate of drug-likeness (QED) is 0.670. The van der Waals surface area contributed by atoms with E-state index in [1.54, 1.807) is 10.4 Å². The summed E-state index contributed by atoms with van der Waals surface area (Å²) in [6.45, 7) is 11.1. The number of nitrogens with one attached hydrogen (secondary N) is 1. The van der Waals surface area contributed by atoms with Crippen molar-refractivity contribution in [3.05, 3.63) is 17.0 Å². The van der Waals surface area contributed by atoms with E-state index in [9.17, 15) is 8.42 Å². The van der Waals surface area contributed by atoms with Crippen molar-refractivity contribution in [1.82, 2.24) is 9.62 Å².